The first kappa shape index (κ1) is 27.5. The molecule has 1 amide bonds. The number of ether oxygens (including phenoxy) is 2. The molecule has 32 heavy (non-hydrogen) atoms. The summed E-state index contributed by atoms with van der Waals surface area (Å²) < 4.78 is 30.5. The number of methoxy groups -OCH3 is 1. The van der Waals surface area contributed by atoms with E-state index >= 15 is 0 Å². The van der Waals surface area contributed by atoms with Crippen molar-refractivity contribution in [3.8, 4) is 0 Å². The van der Waals surface area contributed by atoms with E-state index in [4.69, 9.17) is 13.9 Å². The maximum absolute atomic E-state index is 14.0. The van der Waals surface area contributed by atoms with Gasteiger partial charge >= 0.3 is 17.7 Å². The van der Waals surface area contributed by atoms with Gasteiger partial charge in [-0.15, -0.1) is 0 Å². The molecule has 0 saturated heterocycles. The number of benzene rings is 1. The number of esters is 1. The van der Waals surface area contributed by atoms with Gasteiger partial charge in [0.05, 0.1) is 12.0 Å². The number of hydrogen-bond donors (Lipinski definition) is 1. The first-order valence-corrected chi connectivity index (χ1v) is 13.0. The lowest BCUT2D eigenvalue weighted by molar-refractivity contribution is -0.387. The Morgan fingerprint density at radius 3 is 2.16 bits per heavy atom. The summed E-state index contributed by atoms with van der Waals surface area (Å²) in [6.45, 7) is 14.7. The molecule has 1 aromatic rings. The Balaban J connectivity index is 3.59. The zero-order valence-corrected chi connectivity index (χ0v) is 21.1. The lowest BCUT2D eigenvalue weighted by Crippen LogP contribution is -2.52. The van der Waals surface area contributed by atoms with Crippen molar-refractivity contribution in [2.45, 2.75) is 77.4 Å². The van der Waals surface area contributed by atoms with Crippen LogP contribution in [0.4, 0.5) is 14.9 Å². The van der Waals surface area contributed by atoms with Crippen LogP contribution in [0.25, 0.3) is 0 Å². The smallest absolute Gasteiger partial charge is 0.408 e. The molecule has 0 radical (unpaired) electrons. The number of hydrogen-bond acceptors (Lipinski definition) is 7. The highest BCUT2D eigenvalue weighted by molar-refractivity contribution is 6.74. The van der Waals surface area contributed by atoms with Crippen LogP contribution in [0, 0.1) is 15.9 Å². The third-order valence-electron chi connectivity index (χ3n) is 5.15. The summed E-state index contributed by atoms with van der Waals surface area (Å²) in [5, 5.41) is 13.4. The van der Waals surface area contributed by atoms with Gasteiger partial charge in [-0.05, 0) is 50.5 Å². The normalized spacial score (nSPS) is 14.3. The first-order valence-electron chi connectivity index (χ1n) is 10.1. The topological polar surface area (TPSA) is 117 Å². The second-order valence-corrected chi connectivity index (χ2v) is 14.7. The van der Waals surface area contributed by atoms with Gasteiger partial charge in [-0.25, -0.2) is 9.59 Å². The minimum atomic E-state index is -2.59. The Morgan fingerprint density at radius 2 is 1.72 bits per heavy atom. The fraction of sp³-hybridized carbons (Fsp3) is 0.619. The minimum Gasteiger partial charge on any atom is -0.467 e. The number of carbonyl (C=O) groups is 2. The highest BCUT2D eigenvalue weighted by atomic mass is 28.4. The number of nitro groups is 1. The fourth-order valence-corrected chi connectivity index (χ4v) is 3.75. The third-order valence-corrected chi connectivity index (χ3v) is 9.61. The number of carbonyl (C=O) groups excluding carboxylic acids is 2. The summed E-state index contributed by atoms with van der Waals surface area (Å²) in [6.07, 6.45) is -2.08. The quantitative estimate of drug-likeness (QED) is 0.260. The molecule has 0 bridgehead atoms. The van der Waals surface area contributed by atoms with E-state index in [0.29, 0.717) is 0 Å². The number of nitro benzene ring substituents is 1. The Kier molecular flexibility index (Phi) is 8.55. The SMILES string of the molecule is COC(=O)[C@@H](NC(=O)OC(C)(C)C)[C@@H](O[Si](C)(C)C(C)(C)C)c1ccc(F)c([N+](=O)[O-])c1. The van der Waals surface area contributed by atoms with E-state index in [9.17, 15) is 24.1 Å². The lowest BCUT2D eigenvalue weighted by atomic mass is 10.0. The largest absolute Gasteiger partial charge is 0.467 e. The molecular weight excluding hydrogens is 439 g/mol. The van der Waals surface area contributed by atoms with Crippen molar-refractivity contribution >= 4 is 26.1 Å². The van der Waals surface area contributed by atoms with Gasteiger partial charge in [0.25, 0.3) is 0 Å². The molecule has 2 atom stereocenters. The predicted molar refractivity (Wildman–Crippen MR) is 119 cm³/mol. The van der Waals surface area contributed by atoms with Crippen molar-refractivity contribution in [1.29, 1.82) is 0 Å². The van der Waals surface area contributed by atoms with Gasteiger partial charge in [0.2, 0.25) is 5.82 Å². The molecular formula is C21H33FN2O7Si. The molecule has 0 aromatic heterocycles. The van der Waals surface area contributed by atoms with Gasteiger partial charge in [-0.3, -0.25) is 10.1 Å². The Morgan fingerprint density at radius 1 is 1.16 bits per heavy atom. The van der Waals surface area contributed by atoms with E-state index in [1.165, 1.54) is 6.07 Å². The molecule has 180 valence electrons. The van der Waals surface area contributed by atoms with Crippen LogP contribution >= 0.6 is 0 Å². The van der Waals surface area contributed by atoms with Gasteiger partial charge < -0.3 is 19.2 Å². The van der Waals surface area contributed by atoms with Crippen LogP contribution in [0.15, 0.2) is 18.2 Å². The summed E-state index contributed by atoms with van der Waals surface area (Å²) in [7, 11) is -1.45. The third kappa shape index (κ3) is 7.26. The van der Waals surface area contributed by atoms with Gasteiger partial charge in [0, 0.05) is 6.07 Å². The predicted octanol–water partition coefficient (Wildman–Crippen LogP) is 4.86. The van der Waals surface area contributed by atoms with Crippen molar-refractivity contribution in [3.63, 3.8) is 0 Å². The monoisotopic (exact) mass is 472 g/mol. The van der Waals surface area contributed by atoms with Crippen molar-refractivity contribution in [3.05, 3.63) is 39.7 Å². The first-order chi connectivity index (χ1) is 14.4. The van der Waals surface area contributed by atoms with E-state index in [1.54, 1.807) is 20.8 Å². The lowest BCUT2D eigenvalue weighted by Gasteiger charge is -2.41. The molecule has 0 heterocycles. The standard InChI is InChI=1S/C21H33FN2O7Si/c1-20(2,3)30-19(26)23-16(18(25)29-7)17(31-32(8,9)21(4,5)6)13-10-11-14(22)15(12-13)24(27)28/h10-12,16-17H,1-9H3,(H,23,26)/t16-,17-/m0/s1. The molecule has 0 aliphatic carbocycles. The van der Waals surface area contributed by atoms with Gasteiger partial charge in [0.1, 0.15) is 11.7 Å². The van der Waals surface area contributed by atoms with Crippen LogP contribution in [0.3, 0.4) is 0 Å². The van der Waals surface area contributed by atoms with Crippen LogP contribution in [0.2, 0.25) is 18.1 Å². The molecule has 0 aliphatic heterocycles. The minimum absolute atomic E-state index is 0.148. The molecule has 0 aliphatic rings. The molecule has 0 fully saturated rings. The maximum atomic E-state index is 14.0. The average Bonchev–Trinajstić information content (AvgIpc) is 2.61. The molecule has 0 saturated carbocycles. The van der Waals surface area contributed by atoms with Crippen LogP contribution in [0.5, 0.6) is 0 Å². The molecule has 1 N–H and O–H groups in total. The number of amides is 1. The van der Waals surface area contributed by atoms with Gasteiger partial charge in [-0.1, -0.05) is 26.8 Å². The van der Waals surface area contributed by atoms with Crippen molar-refractivity contribution in [2.24, 2.45) is 0 Å². The van der Waals surface area contributed by atoms with Gasteiger partial charge in [0.15, 0.2) is 14.4 Å². The van der Waals surface area contributed by atoms with Crippen LogP contribution in [-0.2, 0) is 18.7 Å². The molecule has 0 unspecified atom stereocenters. The zero-order valence-electron chi connectivity index (χ0n) is 20.1. The molecule has 0 spiro atoms. The van der Waals surface area contributed by atoms with E-state index in [-0.39, 0.29) is 10.6 Å². The van der Waals surface area contributed by atoms with E-state index in [2.05, 4.69) is 5.32 Å². The molecule has 11 heteroatoms. The van der Waals surface area contributed by atoms with Crippen molar-refractivity contribution in [2.75, 3.05) is 7.11 Å². The summed E-state index contributed by atoms with van der Waals surface area (Å²) >= 11 is 0. The Hall–Kier alpha value is -2.53. The summed E-state index contributed by atoms with van der Waals surface area (Å²) in [4.78, 5) is 35.6. The fourth-order valence-electron chi connectivity index (χ4n) is 2.49. The van der Waals surface area contributed by atoms with Crippen LogP contribution < -0.4 is 5.32 Å². The average molecular weight is 473 g/mol. The van der Waals surface area contributed by atoms with E-state index in [1.807, 2.05) is 33.9 Å². The molecule has 9 nitrogen and oxygen atoms in total. The number of nitrogens with one attached hydrogen (secondary N) is 1. The number of alkyl carbamates (subject to hydrolysis) is 1. The number of rotatable bonds is 7. The van der Waals surface area contributed by atoms with E-state index < -0.39 is 54.6 Å². The van der Waals surface area contributed by atoms with Crippen LogP contribution in [-0.4, -0.2) is 44.1 Å². The summed E-state index contributed by atoms with van der Waals surface area (Å²) in [5.41, 5.74) is -1.46. The van der Waals surface area contributed by atoms with Gasteiger partial charge in [-0.2, -0.15) is 4.39 Å². The highest BCUT2D eigenvalue weighted by Crippen LogP contribution is 2.41. The van der Waals surface area contributed by atoms with E-state index in [0.717, 1.165) is 19.2 Å². The Labute approximate surface area is 188 Å². The van der Waals surface area contributed by atoms with Crippen molar-refractivity contribution in [1.82, 2.24) is 5.32 Å². The zero-order chi connectivity index (χ0) is 25.1. The Bertz CT molecular complexity index is 863. The number of halogens is 1. The van der Waals surface area contributed by atoms with Crippen LogP contribution in [0.1, 0.15) is 53.2 Å². The second-order valence-electron chi connectivity index (χ2n) is 9.91. The summed E-state index contributed by atoms with van der Waals surface area (Å²) in [6, 6.07) is 1.82. The summed E-state index contributed by atoms with van der Waals surface area (Å²) in [5.74, 6) is -1.87. The molecule has 1 rings (SSSR count). The van der Waals surface area contributed by atoms with Crippen molar-refractivity contribution < 1.29 is 32.8 Å². The molecule has 1 aromatic carbocycles. The highest BCUT2D eigenvalue weighted by Gasteiger charge is 2.44. The second kappa shape index (κ2) is 9.95. The maximum Gasteiger partial charge on any atom is 0.408 e. The number of nitrogens with zero attached hydrogens (tertiary/aromatic N) is 1.